The Labute approximate surface area is 100 Å². The number of hydrogen-bond donors (Lipinski definition) is 1. The van der Waals surface area contributed by atoms with Gasteiger partial charge in [-0.3, -0.25) is 4.79 Å². The van der Waals surface area contributed by atoms with Crippen LogP contribution in [0.5, 0.6) is 0 Å². The number of rotatable bonds is 9. The maximum absolute atomic E-state index is 12.2. The molecule has 0 radical (unpaired) electrons. The van der Waals surface area contributed by atoms with Crippen molar-refractivity contribution >= 4 is 5.91 Å². The summed E-state index contributed by atoms with van der Waals surface area (Å²) in [4.78, 5) is 14.2. The Bertz CT molecular complexity index is 177. The quantitative estimate of drug-likeness (QED) is 0.658. The lowest BCUT2D eigenvalue weighted by atomic mass is 9.96. The van der Waals surface area contributed by atoms with E-state index in [1.807, 2.05) is 11.8 Å². The molecule has 0 spiro atoms. The molecule has 0 atom stereocenters. The SMILES string of the molecule is CCCC(CCC)C(=O)N(CC)CCCN. The summed E-state index contributed by atoms with van der Waals surface area (Å²) in [7, 11) is 0. The molecule has 0 aliphatic heterocycles. The van der Waals surface area contributed by atoms with Gasteiger partial charge in [-0.05, 0) is 32.7 Å². The van der Waals surface area contributed by atoms with Crippen molar-refractivity contribution in [2.24, 2.45) is 11.7 Å². The van der Waals surface area contributed by atoms with Gasteiger partial charge in [0.2, 0.25) is 5.91 Å². The predicted molar refractivity (Wildman–Crippen MR) is 69.2 cm³/mol. The Morgan fingerprint density at radius 1 is 1.19 bits per heavy atom. The number of nitrogens with two attached hydrogens (primary N) is 1. The van der Waals surface area contributed by atoms with Crippen molar-refractivity contribution in [1.82, 2.24) is 4.90 Å². The van der Waals surface area contributed by atoms with Crippen LogP contribution in [0.2, 0.25) is 0 Å². The number of carbonyl (C=O) groups is 1. The number of carbonyl (C=O) groups excluding carboxylic acids is 1. The van der Waals surface area contributed by atoms with Crippen molar-refractivity contribution < 1.29 is 4.79 Å². The van der Waals surface area contributed by atoms with Crippen molar-refractivity contribution in [2.45, 2.75) is 52.9 Å². The third kappa shape index (κ3) is 5.50. The first-order chi connectivity index (χ1) is 7.71. The number of hydrogen-bond acceptors (Lipinski definition) is 2. The summed E-state index contributed by atoms with van der Waals surface area (Å²) in [6.45, 7) is 8.62. The molecule has 96 valence electrons. The van der Waals surface area contributed by atoms with E-state index < -0.39 is 0 Å². The van der Waals surface area contributed by atoms with Crippen LogP contribution >= 0.6 is 0 Å². The highest BCUT2D eigenvalue weighted by Crippen LogP contribution is 2.16. The molecule has 0 rings (SSSR count). The Morgan fingerprint density at radius 3 is 2.12 bits per heavy atom. The van der Waals surface area contributed by atoms with Gasteiger partial charge in [-0.15, -0.1) is 0 Å². The van der Waals surface area contributed by atoms with Crippen LogP contribution in [0.25, 0.3) is 0 Å². The first-order valence-corrected chi connectivity index (χ1v) is 6.69. The van der Waals surface area contributed by atoms with Crippen molar-refractivity contribution in [3.05, 3.63) is 0 Å². The van der Waals surface area contributed by atoms with Crippen LogP contribution in [0.15, 0.2) is 0 Å². The van der Waals surface area contributed by atoms with E-state index in [-0.39, 0.29) is 5.92 Å². The van der Waals surface area contributed by atoms with Crippen LogP contribution in [0.3, 0.4) is 0 Å². The largest absolute Gasteiger partial charge is 0.343 e. The smallest absolute Gasteiger partial charge is 0.225 e. The fraction of sp³-hybridized carbons (Fsp3) is 0.923. The van der Waals surface area contributed by atoms with Crippen LogP contribution in [-0.4, -0.2) is 30.4 Å². The summed E-state index contributed by atoms with van der Waals surface area (Å²) in [5, 5.41) is 0. The molecule has 1 amide bonds. The van der Waals surface area contributed by atoms with Crippen LogP contribution in [0.4, 0.5) is 0 Å². The molecular formula is C13H28N2O. The lowest BCUT2D eigenvalue weighted by Crippen LogP contribution is -2.37. The average Bonchev–Trinajstić information content (AvgIpc) is 2.29. The maximum atomic E-state index is 12.2. The third-order valence-corrected chi connectivity index (χ3v) is 2.95. The van der Waals surface area contributed by atoms with E-state index in [1.165, 1.54) is 0 Å². The van der Waals surface area contributed by atoms with Crippen LogP contribution < -0.4 is 5.73 Å². The van der Waals surface area contributed by atoms with Gasteiger partial charge in [0.15, 0.2) is 0 Å². The molecular weight excluding hydrogens is 200 g/mol. The molecule has 0 aromatic carbocycles. The molecule has 0 aromatic rings. The minimum absolute atomic E-state index is 0.229. The molecule has 0 aliphatic rings. The molecule has 0 saturated carbocycles. The van der Waals surface area contributed by atoms with E-state index in [0.717, 1.165) is 45.2 Å². The van der Waals surface area contributed by atoms with E-state index >= 15 is 0 Å². The van der Waals surface area contributed by atoms with Gasteiger partial charge in [0.1, 0.15) is 0 Å². The summed E-state index contributed by atoms with van der Waals surface area (Å²) in [6, 6.07) is 0. The van der Waals surface area contributed by atoms with Crippen molar-refractivity contribution in [1.29, 1.82) is 0 Å². The summed E-state index contributed by atoms with van der Waals surface area (Å²) in [6.07, 6.45) is 5.12. The van der Waals surface area contributed by atoms with Gasteiger partial charge < -0.3 is 10.6 Å². The highest BCUT2D eigenvalue weighted by Gasteiger charge is 2.21. The highest BCUT2D eigenvalue weighted by molar-refractivity contribution is 5.78. The molecule has 0 bridgehead atoms. The van der Waals surface area contributed by atoms with Gasteiger partial charge in [-0.25, -0.2) is 0 Å². The second-order valence-corrected chi connectivity index (χ2v) is 4.33. The molecule has 3 heteroatoms. The minimum Gasteiger partial charge on any atom is -0.343 e. The topological polar surface area (TPSA) is 46.3 Å². The van der Waals surface area contributed by atoms with Gasteiger partial charge >= 0.3 is 0 Å². The second kappa shape index (κ2) is 9.64. The molecule has 3 nitrogen and oxygen atoms in total. The molecule has 0 saturated heterocycles. The molecule has 16 heavy (non-hydrogen) atoms. The van der Waals surface area contributed by atoms with Crippen LogP contribution in [0, 0.1) is 5.92 Å². The molecule has 0 heterocycles. The zero-order valence-electron chi connectivity index (χ0n) is 11.2. The van der Waals surface area contributed by atoms with Crippen molar-refractivity contribution in [3.63, 3.8) is 0 Å². The van der Waals surface area contributed by atoms with Gasteiger partial charge in [-0.1, -0.05) is 26.7 Å². The first kappa shape index (κ1) is 15.4. The van der Waals surface area contributed by atoms with E-state index in [9.17, 15) is 4.79 Å². The average molecular weight is 228 g/mol. The summed E-state index contributed by atoms with van der Waals surface area (Å²) >= 11 is 0. The number of nitrogens with zero attached hydrogens (tertiary/aromatic N) is 1. The molecule has 2 N–H and O–H groups in total. The zero-order chi connectivity index (χ0) is 12.4. The van der Waals surface area contributed by atoms with Crippen LogP contribution in [-0.2, 0) is 4.79 Å². The molecule has 0 fully saturated rings. The Balaban J connectivity index is 4.29. The highest BCUT2D eigenvalue weighted by atomic mass is 16.2. The normalized spacial score (nSPS) is 10.8. The molecule has 0 aromatic heterocycles. The summed E-state index contributed by atoms with van der Waals surface area (Å²) in [5.41, 5.74) is 5.49. The fourth-order valence-corrected chi connectivity index (χ4v) is 2.05. The van der Waals surface area contributed by atoms with Crippen molar-refractivity contribution in [2.75, 3.05) is 19.6 Å². The van der Waals surface area contributed by atoms with Gasteiger partial charge in [0.05, 0.1) is 0 Å². The fourth-order valence-electron chi connectivity index (χ4n) is 2.05. The van der Waals surface area contributed by atoms with Crippen molar-refractivity contribution in [3.8, 4) is 0 Å². The Hall–Kier alpha value is -0.570. The monoisotopic (exact) mass is 228 g/mol. The molecule has 0 aliphatic carbocycles. The summed E-state index contributed by atoms with van der Waals surface area (Å²) in [5.74, 6) is 0.562. The van der Waals surface area contributed by atoms with Crippen LogP contribution in [0.1, 0.15) is 52.9 Å². The van der Waals surface area contributed by atoms with E-state index in [1.54, 1.807) is 0 Å². The Kier molecular flexibility index (Phi) is 9.30. The Morgan fingerprint density at radius 2 is 1.75 bits per heavy atom. The van der Waals surface area contributed by atoms with Gasteiger partial charge in [0, 0.05) is 19.0 Å². The van der Waals surface area contributed by atoms with E-state index in [2.05, 4.69) is 13.8 Å². The zero-order valence-corrected chi connectivity index (χ0v) is 11.2. The second-order valence-electron chi connectivity index (χ2n) is 4.33. The predicted octanol–water partition coefficient (Wildman–Crippen LogP) is 2.40. The maximum Gasteiger partial charge on any atom is 0.225 e. The first-order valence-electron chi connectivity index (χ1n) is 6.69. The lowest BCUT2D eigenvalue weighted by molar-refractivity contribution is -0.135. The van der Waals surface area contributed by atoms with E-state index in [0.29, 0.717) is 12.5 Å². The summed E-state index contributed by atoms with van der Waals surface area (Å²) < 4.78 is 0. The van der Waals surface area contributed by atoms with E-state index in [4.69, 9.17) is 5.73 Å². The van der Waals surface area contributed by atoms with Gasteiger partial charge in [0.25, 0.3) is 0 Å². The van der Waals surface area contributed by atoms with Gasteiger partial charge in [-0.2, -0.15) is 0 Å². The third-order valence-electron chi connectivity index (χ3n) is 2.95. The lowest BCUT2D eigenvalue weighted by Gasteiger charge is -2.26. The molecule has 0 unspecified atom stereocenters. The minimum atomic E-state index is 0.229. The standard InChI is InChI=1S/C13H28N2O/c1-4-8-12(9-5-2)13(16)15(6-3)11-7-10-14/h12H,4-11,14H2,1-3H3. The number of amides is 1.